The fourth-order valence-corrected chi connectivity index (χ4v) is 3.58. The minimum absolute atomic E-state index is 0.0198. The van der Waals surface area contributed by atoms with Crippen LogP contribution in [0.2, 0.25) is 5.15 Å². The lowest BCUT2D eigenvalue weighted by atomic mass is 10.0. The lowest BCUT2D eigenvalue weighted by molar-refractivity contribution is 0.445. The first-order valence-corrected chi connectivity index (χ1v) is 7.51. The molecular weight excluding hydrogens is 264 g/mol. The molecule has 1 heterocycles. The Morgan fingerprint density at radius 2 is 1.84 bits per heavy atom. The maximum Gasteiger partial charge on any atom is 0.329 e. The van der Waals surface area contributed by atoms with Crippen molar-refractivity contribution in [2.24, 2.45) is 5.92 Å². The van der Waals surface area contributed by atoms with Crippen LogP contribution in [0.1, 0.15) is 63.0 Å². The molecule has 2 aliphatic rings. The SMILES string of the molecule is CC(C1CC1)n1c(=O)[nH]c(Cl)c(C2CCCC2)c1=O. The van der Waals surface area contributed by atoms with Crippen LogP contribution < -0.4 is 11.2 Å². The van der Waals surface area contributed by atoms with Crippen LogP contribution in [-0.4, -0.2) is 9.55 Å². The summed E-state index contributed by atoms with van der Waals surface area (Å²) in [5.41, 5.74) is 0.0995. The molecule has 1 aromatic heterocycles. The molecule has 0 spiro atoms. The van der Waals surface area contributed by atoms with Gasteiger partial charge in [0.2, 0.25) is 0 Å². The van der Waals surface area contributed by atoms with Crippen molar-refractivity contribution in [3.05, 3.63) is 31.6 Å². The van der Waals surface area contributed by atoms with E-state index in [4.69, 9.17) is 11.6 Å². The van der Waals surface area contributed by atoms with Gasteiger partial charge in [-0.1, -0.05) is 24.4 Å². The Kier molecular flexibility index (Phi) is 3.29. The van der Waals surface area contributed by atoms with Crippen molar-refractivity contribution < 1.29 is 0 Å². The molecule has 1 atom stereocenters. The van der Waals surface area contributed by atoms with Crippen LogP contribution in [-0.2, 0) is 0 Å². The molecule has 0 aromatic carbocycles. The van der Waals surface area contributed by atoms with Gasteiger partial charge >= 0.3 is 5.69 Å². The van der Waals surface area contributed by atoms with Gasteiger partial charge in [-0.3, -0.25) is 14.3 Å². The lowest BCUT2D eigenvalue weighted by Crippen LogP contribution is -2.40. The summed E-state index contributed by atoms with van der Waals surface area (Å²) in [6.45, 7) is 1.96. The van der Waals surface area contributed by atoms with Gasteiger partial charge in [0.05, 0.1) is 5.56 Å². The molecule has 2 aliphatic carbocycles. The fraction of sp³-hybridized carbons (Fsp3) is 0.714. The van der Waals surface area contributed by atoms with Gasteiger partial charge in [-0.2, -0.15) is 0 Å². The normalized spacial score (nSPS) is 21.8. The number of nitrogens with one attached hydrogen (secondary N) is 1. The van der Waals surface area contributed by atoms with E-state index in [2.05, 4.69) is 4.98 Å². The first-order valence-electron chi connectivity index (χ1n) is 7.13. The van der Waals surface area contributed by atoms with Crippen LogP contribution in [0, 0.1) is 5.92 Å². The molecule has 1 aromatic rings. The molecule has 0 bridgehead atoms. The zero-order valence-electron chi connectivity index (χ0n) is 11.1. The minimum Gasteiger partial charge on any atom is -0.297 e. The average Bonchev–Trinajstić information content (AvgIpc) is 3.07. The van der Waals surface area contributed by atoms with Gasteiger partial charge in [-0.25, -0.2) is 4.79 Å². The summed E-state index contributed by atoms with van der Waals surface area (Å²) >= 11 is 6.12. The van der Waals surface area contributed by atoms with Crippen molar-refractivity contribution in [3.8, 4) is 0 Å². The molecule has 0 amide bonds. The van der Waals surface area contributed by atoms with Gasteiger partial charge in [0.25, 0.3) is 5.56 Å². The fourth-order valence-electron chi connectivity index (χ4n) is 3.26. The highest BCUT2D eigenvalue weighted by Gasteiger charge is 2.33. The van der Waals surface area contributed by atoms with Gasteiger partial charge in [0, 0.05) is 6.04 Å². The van der Waals surface area contributed by atoms with E-state index in [9.17, 15) is 9.59 Å². The predicted molar refractivity (Wildman–Crippen MR) is 75.0 cm³/mol. The van der Waals surface area contributed by atoms with Crippen molar-refractivity contribution in [2.75, 3.05) is 0 Å². The Hall–Kier alpha value is -1.03. The molecule has 0 saturated heterocycles. The summed E-state index contributed by atoms with van der Waals surface area (Å²) in [6, 6.07) is -0.0198. The summed E-state index contributed by atoms with van der Waals surface area (Å²) in [7, 11) is 0. The number of aromatic amines is 1. The third-order valence-corrected chi connectivity index (χ3v) is 4.89. The number of rotatable bonds is 3. The number of H-pyrrole nitrogens is 1. The van der Waals surface area contributed by atoms with Gasteiger partial charge < -0.3 is 0 Å². The van der Waals surface area contributed by atoms with Crippen molar-refractivity contribution in [1.82, 2.24) is 9.55 Å². The molecule has 5 heteroatoms. The van der Waals surface area contributed by atoms with Crippen LogP contribution in [0.3, 0.4) is 0 Å². The summed E-state index contributed by atoms with van der Waals surface area (Å²) in [5.74, 6) is 0.686. The second kappa shape index (κ2) is 4.82. The van der Waals surface area contributed by atoms with Gasteiger partial charge in [0.15, 0.2) is 0 Å². The van der Waals surface area contributed by atoms with Gasteiger partial charge in [-0.15, -0.1) is 0 Å². The van der Waals surface area contributed by atoms with E-state index in [1.807, 2.05) is 6.92 Å². The summed E-state index contributed by atoms with van der Waals surface area (Å²) < 4.78 is 1.39. The summed E-state index contributed by atoms with van der Waals surface area (Å²) in [6.07, 6.45) is 6.48. The first-order chi connectivity index (χ1) is 9.09. The smallest absolute Gasteiger partial charge is 0.297 e. The maximum absolute atomic E-state index is 12.6. The third kappa shape index (κ3) is 2.27. The van der Waals surface area contributed by atoms with E-state index in [0.29, 0.717) is 11.5 Å². The van der Waals surface area contributed by atoms with E-state index >= 15 is 0 Å². The highest BCUT2D eigenvalue weighted by atomic mass is 35.5. The van der Waals surface area contributed by atoms with E-state index in [-0.39, 0.29) is 28.4 Å². The predicted octanol–water partition coefficient (Wildman–Crippen LogP) is 2.82. The Morgan fingerprint density at radius 3 is 2.42 bits per heavy atom. The molecule has 1 N–H and O–H groups in total. The zero-order chi connectivity index (χ0) is 13.6. The first kappa shape index (κ1) is 13.0. The van der Waals surface area contributed by atoms with Crippen LogP contribution in [0.5, 0.6) is 0 Å². The standard InChI is InChI=1S/C14H19ClN2O2/c1-8(9-6-7-9)17-13(18)11(10-4-2-3-5-10)12(15)16-14(17)19/h8-10H,2-7H2,1H3,(H,16,19). The number of hydrogen-bond acceptors (Lipinski definition) is 2. The molecule has 1 unspecified atom stereocenters. The average molecular weight is 283 g/mol. The third-order valence-electron chi connectivity index (χ3n) is 4.60. The van der Waals surface area contributed by atoms with Crippen LogP contribution >= 0.6 is 11.6 Å². The Labute approximate surface area is 116 Å². The topological polar surface area (TPSA) is 54.9 Å². The molecular formula is C14H19ClN2O2. The van der Waals surface area contributed by atoms with Crippen molar-refractivity contribution in [2.45, 2.75) is 57.4 Å². The van der Waals surface area contributed by atoms with Crippen LogP contribution in [0.15, 0.2) is 9.59 Å². The van der Waals surface area contributed by atoms with E-state index in [1.54, 1.807) is 0 Å². The van der Waals surface area contributed by atoms with E-state index in [0.717, 1.165) is 38.5 Å². The molecule has 4 nitrogen and oxygen atoms in total. The maximum atomic E-state index is 12.6. The molecule has 2 saturated carbocycles. The Bertz CT molecular complexity index is 594. The highest BCUT2D eigenvalue weighted by molar-refractivity contribution is 6.30. The number of hydrogen-bond donors (Lipinski definition) is 1. The Balaban J connectivity index is 2.11. The largest absolute Gasteiger partial charge is 0.329 e. The van der Waals surface area contributed by atoms with Crippen LogP contribution in [0.4, 0.5) is 0 Å². The van der Waals surface area contributed by atoms with Crippen molar-refractivity contribution in [1.29, 1.82) is 0 Å². The number of aromatic nitrogens is 2. The van der Waals surface area contributed by atoms with E-state index < -0.39 is 0 Å². The number of halogens is 1. The molecule has 0 aliphatic heterocycles. The van der Waals surface area contributed by atoms with Gasteiger partial charge in [0.1, 0.15) is 5.15 Å². The zero-order valence-corrected chi connectivity index (χ0v) is 11.9. The van der Waals surface area contributed by atoms with Gasteiger partial charge in [-0.05, 0) is 44.4 Å². The molecule has 0 radical (unpaired) electrons. The summed E-state index contributed by atoms with van der Waals surface area (Å²) in [5, 5.41) is 0.251. The molecule has 19 heavy (non-hydrogen) atoms. The minimum atomic E-state index is -0.365. The number of nitrogens with zero attached hydrogens (tertiary/aromatic N) is 1. The molecule has 2 fully saturated rings. The highest BCUT2D eigenvalue weighted by Crippen LogP contribution is 2.39. The lowest BCUT2D eigenvalue weighted by Gasteiger charge is -2.17. The second-order valence-corrected chi connectivity index (χ2v) is 6.27. The summed E-state index contributed by atoms with van der Waals surface area (Å²) in [4.78, 5) is 27.3. The van der Waals surface area contributed by atoms with Crippen molar-refractivity contribution >= 4 is 11.6 Å². The monoisotopic (exact) mass is 282 g/mol. The van der Waals surface area contributed by atoms with E-state index in [1.165, 1.54) is 4.57 Å². The quantitative estimate of drug-likeness (QED) is 0.867. The van der Waals surface area contributed by atoms with Crippen LogP contribution in [0.25, 0.3) is 0 Å². The molecule has 3 rings (SSSR count). The Morgan fingerprint density at radius 1 is 1.21 bits per heavy atom. The second-order valence-electron chi connectivity index (χ2n) is 5.89. The molecule has 104 valence electrons. The van der Waals surface area contributed by atoms with Crippen molar-refractivity contribution in [3.63, 3.8) is 0 Å².